The van der Waals surface area contributed by atoms with Gasteiger partial charge in [-0.2, -0.15) is 24.3 Å². The molecule has 0 fully saturated rings. The van der Waals surface area contributed by atoms with Crippen LogP contribution in [0.2, 0.25) is 0 Å². The van der Waals surface area contributed by atoms with E-state index in [1.165, 1.54) is 53.9 Å². The molecule has 0 saturated carbocycles. The summed E-state index contributed by atoms with van der Waals surface area (Å²) in [6, 6.07) is 43.6. The number of rotatable bonds is 4. The fourth-order valence-electron chi connectivity index (χ4n) is 4.86. The van der Waals surface area contributed by atoms with Crippen molar-refractivity contribution in [3.05, 3.63) is 181 Å². The molecule has 2 aliphatic rings. The number of allylic oxidation sites excluding steroid dienone is 8. The molecule has 0 aliphatic heterocycles. The Hall–Kier alpha value is -2.07. The summed E-state index contributed by atoms with van der Waals surface area (Å²) in [7, 11) is 1.52. The van der Waals surface area contributed by atoms with Gasteiger partial charge in [0.05, 0.1) is 0 Å². The van der Waals surface area contributed by atoms with Gasteiger partial charge in [0.2, 0.25) is 0 Å². The first kappa shape index (κ1) is 44.0. The zero-order chi connectivity index (χ0) is 30.4. The molecule has 6 aromatic rings. The van der Waals surface area contributed by atoms with E-state index < -0.39 is 0 Å². The second-order valence-electron chi connectivity index (χ2n) is 10.6. The number of halogens is 2. The second-order valence-corrected chi connectivity index (χ2v) is 13.4. The Morgan fingerprint density at radius 3 is 1.21 bits per heavy atom. The van der Waals surface area contributed by atoms with Gasteiger partial charge < -0.3 is 24.8 Å². The van der Waals surface area contributed by atoms with Gasteiger partial charge in [-0.15, -0.1) is 93.5 Å². The largest absolute Gasteiger partial charge is 2.00 e. The van der Waals surface area contributed by atoms with E-state index in [-0.39, 0.29) is 68.2 Å². The zero-order valence-corrected chi connectivity index (χ0v) is 33.8. The Labute approximate surface area is 333 Å². The molecule has 0 heterocycles. The van der Waals surface area contributed by atoms with E-state index in [1.54, 1.807) is 0 Å². The topological polar surface area (TPSA) is 0 Å². The molecule has 0 aromatic heterocycles. The average Bonchev–Trinajstić information content (AvgIpc) is 3.88. The Balaban J connectivity index is 0.000000350. The fourth-order valence-corrected chi connectivity index (χ4v) is 7.32. The monoisotopic (exact) mass is 770 g/mol. The van der Waals surface area contributed by atoms with Crippen LogP contribution in [-0.4, -0.2) is 0 Å². The van der Waals surface area contributed by atoms with E-state index >= 15 is 0 Å². The molecule has 6 aromatic carbocycles. The third kappa shape index (κ3) is 14.0. The van der Waals surface area contributed by atoms with E-state index in [1.807, 2.05) is 24.3 Å². The van der Waals surface area contributed by atoms with Crippen molar-refractivity contribution in [2.75, 3.05) is 0 Å². The maximum atomic E-state index is 2.99. The minimum atomic E-state index is 0. The fraction of sp³-hybridized carbons (Fsp3) is 0.0952. The van der Waals surface area contributed by atoms with Gasteiger partial charge in [-0.1, -0.05) is 77.8 Å². The first-order chi connectivity index (χ1) is 21.7. The molecule has 240 valence electrons. The Kier molecular flexibility index (Phi) is 22.1. The van der Waals surface area contributed by atoms with Crippen LogP contribution in [-0.2, 0) is 43.4 Å². The molecule has 2 unspecified atom stereocenters. The van der Waals surface area contributed by atoms with Crippen molar-refractivity contribution < 1.29 is 68.2 Å². The first-order valence-corrected chi connectivity index (χ1v) is 17.1. The predicted molar refractivity (Wildman–Crippen MR) is 200 cm³/mol. The third-order valence-electron chi connectivity index (χ3n) is 7.26. The molecular weight excluding hydrogens is 733 g/mol. The van der Waals surface area contributed by atoms with Crippen LogP contribution in [0.15, 0.2) is 158 Å². The van der Waals surface area contributed by atoms with E-state index in [0.29, 0.717) is 0 Å². The van der Waals surface area contributed by atoms with E-state index in [2.05, 4.69) is 159 Å². The average molecular weight is 771 g/mol. The minimum absolute atomic E-state index is 0. The number of benzene rings is 4. The predicted octanol–water partition coefficient (Wildman–Crippen LogP) is 3.61. The molecule has 0 saturated heterocycles. The van der Waals surface area contributed by atoms with Gasteiger partial charge in [-0.05, 0) is 35.6 Å². The van der Waals surface area contributed by atoms with Crippen LogP contribution in [0.1, 0.15) is 24.0 Å². The van der Waals surface area contributed by atoms with Crippen LogP contribution in [0.3, 0.4) is 0 Å². The summed E-state index contributed by atoms with van der Waals surface area (Å²) in [6.07, 6.45) is 20.0. The molecule has 6 heteroatoms. The SMILES string of the molecule is Cc1ccccc1Pc1cc2ccccc2[cH-]1.Cc1ccccc1Pc1cc2ccccc2[cH-]1.[C-]1=CC=CC1.[C-]1=CC=CC1.[Cl-].[Cl-].[Ti+2].[Ti+2]. The molecule has 2 aliphatic carbocycles. The number of hydrogen-bond donors (Lipinski definition) is 0. The number of hydrogen-bond acceptors (Lipinski definition) is 0. The smallest absolute Gasteiger partial charge is 1.00 e. The Morgan fingerprint density at radius 2 is 0.896 bits per heavy atom. The standard InChI is InChI=1S/2C16H14P.2C5H5.2ClH.2Ti/c2*1-12-6-2-5-9-16(12)17-15-10-13-7-3-4-8-14(13)11-15;2*1-2-4-5-3-1;;;;/h2*2-11,17H,1H3;2*1-3H,4H2;2*1H;;/q4*-1;;;2*+2/p-2. The summed E-state index contributed by atoms with van der Waals surface area (Å²) in [6.45, 7) is 4.37. The van der Waals surface area contributed by atoms with Gasteiger partial charge in [0.25, 0.3) is 0 Å². The molecule has 2 atom stereocenters. The Bertz CT molecular complexity index is 1690. The van der Waals surface area contributed by atoms with Crippen molar-refractivity contribution in [1.82, 2.24) is 0 Å². The van der Waals surface area contributed by atoms with Gasteiger partial charge in [0.15, 0.2) is 0 Å². The maximum Gasteiger partial charge on any atom is 2.00 e. The molecule has 0 nitrogen and oxygen atoms in total. The van der Waals surface area contributed by atoms with Crippen molar-refractivity contribution in [3.8, 4) is 0 Å². The quantitative estimate of drug-likeness (QED) is 0.146. The van der Waals surface area contributed by atoms with Crippen molar-refractivity contribution in [3.63, 3.8) is 0 Å². The molecule has 0 N–H and O–H groups in total. The normalized spacial score (nSPS) is 11.9. The molecular formula is C42H38Cl2P2Ti2-2. The molecule has 48 heavy (non-hydrogen) atoms. The summed E-state index contributed by atoms with van der Waals surface area (Å²) in [5.74, 6) is 0. The van der Waals surface area contributed by atoms with Gasteiger partial charge in [-0.3, -0.25) is 12.2 Å². The molecule has 0 radical (unpaired) electrons. The third-order valence-corrected chi connectivity index (χ3v) is 10.1. The van der Waals surface area contributed by atoms with Crippen LogP contribution in [0.4, 0.5) is 0 Å². The van der Waals surface area contributed by atoms with E-state index in [9.17, 15) is 0 Å². The van der Waals surface area contributed by atoms with Crippen LogP contribution in [0, 0.1) is 26.0 Å². The summed E-state index contributed by atoms with van der Waals surface area (Å²) in [5, 5.41) is 11.2. The Morgan fingerprint density at radius 1 is 0.521 bits per heavy atom. The van der Waals surface area contributed by atoms with Gasteiger partial charge in [0.1, 0.15) is 0 Å². The molecule has 8 rings (SSSR count). The van der Waals surface area contributed by atoms with Gasteiger partial charge >= 0.3 is 43.4 Å². The first-order valence-electron chi connectivity index (χ1n) is 15.1. The number of fused-ring (bicyclic) bond motifs is 2. The van der Waals surface area contributed by atoms with E-state index in [0.717, 1.165) is 30.0 Å². The van der Waals surface area contributed by atoms with Crippen LogP contribution in [0.5, 0.6) is 0 Å². The van der Waals surface area contributed by atoms with Gasteiger partial charge in [0, 0.05) is 0 Å². The van der Waals surface area contributed by atoms with Crippen molar-refractivity contribution >= 4 is 59.9 Å². The molecule has 0 bridgehead atoms. The van der Waals surface area contributed by atoms with Crippen LogP contribution >= 0.6 is 17.2 Å². The summed E-state index contributed by atoms with van der Waals surface area (Å²) in [5.41, 5.74) is 2.77. The van der Waals surface area contributed by atoms with Crippen molar-refractivity contribution in [1.29, 1.82) is 0 Å². The summed E-state index contributed by atoms with van der Waals surface area (Å²) < 4.78 is 0. The summed E-state index contributed by atoms with van der Waals surface area (Å²) >= 11 is 0. The number of aryl methyl sites for hydroxylation is 2. The maximum absolute atomic E-state index is 2.99. The van der Waals surface area contributed by atoms with Crippen LogP contribution in [0.25, 0.3) is 21.5 Å². The minimum Gasteiger partial charge on any atom is -1.00 e. The molecule has 0 amide bonds. The molecule has 0 spiro atoms. The summed E-state index contributed by atoms with van der Waals surface area (Å²) in [4.78, 5) is 0. The second kappa shape index (κ2) is 24.1. The van der Waals surface area contributed by atoms with Crippen molar-refractivity contribution in [2.45, 2.75) is 26.7 Å². The van der Waals surface area contributed by atoms with Gasteiger partial charge in [-0.25, -0.2) is 24.3 Å². The van der Waals surface area contributed by atoms with E-state index in [4.69, 9.17) is 0 Å². The van der Waals surface area contributed by atoms with Crippen molar-refractivity contribution in [2.24, 2.45) is 0 Å². The zero-order valence-electron chi connectivity index (χ0n) is 27.2. The van der Waals surface area contributed by atoms with Crippen LogP contribution < -0.4 is 46.0 Å².